The Balaban J connectivity index is 1.57. The van der Waals surface area contributed by atoms with Gasteiger partial charge in [-0.2, -0.15) is 0 Å². The molecule has 0 bridgehead atoms. The molecule has 10 heteroatoms. The van der Waals surface area contributed by atoms with Crippen LogP contribution in [0.1, 0.15) is 67.7 Å². The molecular formula is C33H38ClN5O4. The monoisotopic (exact) mass is 603 g/mol. The quantitative estimate of drug-likeness (QED) is 0.260. The van der Waals surface area contributed by atoms with Crippen molar-refractivity contribution in [2.75, 3.05) is 18.0 Å². The number of Topliss-reactive ketones (excluding diaryl/α,β-unsaturated/α-hetero) is 1. The number of fused-ring (bicyclic) bond motifs is 1. The first-order valence-electron chi connectivity index (χ1n) is 14.7. The van der Waals surface area contributed by atoms with E-state index in [-0.39, 0.29) is 23.9 Å². The van der Waals surface area contributed by atoms with Crippen molar-refractivity contribution in [3.05, 3.63) is 98.6 Å². The van der Waals surface area contributed by atoms with Crippen molar-refractivity contribution < 1.29 is 14.3 Å². The number of halogens is 1. The fraction of sp³-hybridized carbons (Fsp3) is 0.394. The second kappa shape index (κ2) is 12.6. The number of benzene rings is 2. The van der Waals surface area contributed by atoms with E-state index >= 15 is 0 Å². The van der Waals surface area contributed by atoms with Gasteiger partial charge in [-0.15, -0.1) is 5.10 Å². The first-order chi connectivity index (χ1) is 20.5. The maximum Gasteiger partial charge on any atom is 0.407 e. The molecule has 1 aliphatic heterocycles. The zero-order valence-electron chi connectivity index (χ0n) is 25.1. The van der Waals surface area contributed by atoms with Crippen molar-refractivity contribution in [2.45, 2.75) is 71.6 Å². The van der Waals surface area contributed by atoms with Gasteiger partial charge in [-0.3, -0.25) is 9.59 Å². The van der Waals surface area contributed by atoms with Crippen LogP contribution in [-0.4, -0.2) is 50.8 Å². The standard InChI is InChI=1S/C33H38ClN5O4/c1-5-25-20-39-29(31(41)38(25)21-28(40)22-12-7-6-8-13-22)26(18-23-14-9-10-16-27(23)34)30(36-39)37-17-11-15-24(19-37)35-32(42)43-33(2,3)4/h6-10,12-14,16,20,24H,5,11,15,17-19,21H2,1-4H3,(H,35,42)/t24-/m0/s1. The van der Waals surface area contributed by atoms with Gasteiger partial charge in [0.2, 0.25) is 0 Å². The Morgan fingerprint density at radius 3 is 2.51 bits per heavy atom. The summed E-state index contributed by atoms with van der Waals surface area (Å²) in [6, 6.07) is 16.4. The number of carbonyl (C=O) groups is 2. The predicted octanol–water partition coefficient (Wildman–Crippen LogP) is 5.68. The van der Waals surface area contributed by atoms with Gasteiger partial charge in [-0.05, 0) is 51.7 Å². The van der Waals surface area contributed by atoms with Crippen LogP contribution in [0.3, 0.4) is 0 Å². The number of nitrogens with zero attached hydrogens (tertiary/aromatic N) is 4. The highest BCUT2D eigenvalue weighted by molar-refractivity contribution is 6.31. The van der Waals surface area contributed by atoms with Crippen LogP contribution < -0.4 is 15.8 Å². The van der Waals surface area contributed by atoms with Crippen LogP contribution in [0.15, 0.2) is 65.6 Å². The van der Waals surface area contributed by atoms with Crippen LogP contribution in [-0.2, 0) is 24.1 Å². The number of nitrogens with one attached hydrogen (secondary N) is 1. The van der Waals surface area contributed by atoms with E-state index in [0.29, 0.717) is 53.5 Å². The molecule has 0 radical (unpaired) electrons. The average molecular weight is 604 g/mol. The van der Waals surface area contributed by atoms with Gasteiger partial charge in [0.15, 0.2) is 11.6 Å². The molecule has 4 aromatic rings. The number of rotatable bonds is 8. The predicted molar refractivity (Wildman–Crippen MR) is 168 cm³/mol. The van der Waals surface area contributed by atoms with Gasteiger partial charge in [0, 0.05) is 53.6 Å². The smallest absolute Gasteiger partial charge is 0.407 e. The minimum Gasteiger partial charge on any atom is -0.444 e. The number of carbonyl (C=O) groups excluding carboxylic acids is 2. The second-order valence-corrected chi connectivity index (χ2v) is 12.4. The molecule has 2 aromatic heterocycles. The maximum atomic E-state index is 14.2. The van der Waals surface area contributed by atoms with E-state index in [1.54, 1.807) is 21.2 Å². The van der Waals surface area contributed by atoms with Gasteiger partial charge in [0.1, 0.15) is 11.1 Å². The molecule has 226 valence electrons. The van der Waals surface area contributed by atoms with Crippen molar-refractivity contribution in [3.8, 4) is 0 Å². The van der Waals surface area contributed by atoms with Crippen molar-refractivity contribution in [1.29, 1.82) is 0 Å². The first-order valence-corrected chi connectivity index (χ1v) is 15.1. The molecule has 1 atom stereocenters. The number of hydrogen-bond donors (Lipinski definition) is 1. The number of ether oxygens (including phenoxy) is 1. The molecule has 9 nitrogen and oxygen atoms in total. The van der Waals surface area contributed by atoms with E-state index in [1.165, 1.54) is 0 Å². The van der Waals surface area contributed by atoms with Crippen LogP contribution >= 0.6 is 11.6 Å². The summed E-state index contributed by atoms with van der Waals surface area (Å²) >= 11 is 6.59. The van der Waals surface area contributed by atoms with Crippen molar-refractivity contribution in [2.24, 2.45) is 0 Å². The van der Waals surface area contributed by atoms with Crippen LogP contribution in [0, 0.1) is 0 Å². The maximum absolute atomic E-state index is 14.2. The van der Waals surface area contributed by atoms with E-state index < -0.39 is 11.7 Å². The third-order valence-corrected chi connectivity index (χ3v) is 7.95. The van der Waals surface area contributed by atoms with Crippen molar-refractivity contribution in [1.82, 2.24) is 19.5 Å². The Bertz CT molecular complexity index is 1690. The molecule has 1 amide bonds. The van der Waals surface area contributed by atoms with Gasteiger partial charge >= 0.3 is 6.09 Å². The Hall–Kier alpha value is -4.11. The van der Waals surface area contributed by atoms with Gasteiger partial charge in [-0.25, -0.2) is 9.31 Å². The lowest BCUT2D eigenvalue weighted by Crippen LogP contribution is -2.49. The summed E-state index contributed by atoms with van der Waals surface area (Å²) in [6.07, 6.45) is 3.95. The number of aryl methyl sites for hydroxylation is 1. The highest BCUT2D eigenvalue weighted by Crippen LogP contribution is 2.30. The fourth-order valence-corrected chi connectivity index (χ4v) is 5.77. The molecule has 1 N–H and O–H groups in total. The molecule has 1 fully saturated rings. The Morgan fingerprint density at radius 1 is 1.09 bits per heavy atom. The van der Waals surface area contributed by atoms with Gasteiger partial charge in [-0.1, -0.05) is 67.1 Å². The number of amides is 1. The van der Waals surface area contributed by atoms with Gasteiger partial charge in [0.25, 0.3) is 5.56 Å². The molecule has 2 aromatic carbocycles. The molecular weight excluding hydrogens is 566 g/mol. The number of hydrogen-bond acceptors (Lipinski definition) is 6. The zero-order valence-corrected chi connectivity index (χ0v) is 25.9. The Labute approximate surface area is 256 Å². The zero-order chi connectivity index (χ0) is 30.7. The van der Waals surface area contributed by atoms with Crippen molar-refractivity contribution in [3.63, 3.8) is 0 Å². The summed E-state index contributed by atoms with van der Waals surface area (Å²) in [4.78, 5) is 42.1. The number of ketones is 1. The largest absolute Gasteiger partial charge is 0.444 e. The Kier molecular flexibility index (Phi) is 8.92. The number of piperidine rings is 1. The van der Waals surface area contributed by atoms with E-state index in [9.17, 15) is 14.4 Å². The molecule has 5 rings (SSSR count). The minimum absolute atomic E-state index is 0.0693. The third kappa shape index (κ3) is 6.94. The lowest BCUT2D eigenvalue weighted by Gasteiger charge is -2.34. The molecule has 1 saturated heterocycles. The molecule has 1 aliphatic rings. The minimum atomic E-state index is -0.596. The van der Waals surface area contributed by atoms with Crippen LogP contribution in [0.2, 0.25) is 5.02 Å². The van der Waals surface area contributed by atoms with E-state index in [0.717, 1.165) is 24.0 Å². The first kappa shape index (κ1) is 30.4. The van der Waals surface area contributed by atoms with Crippen LogP contribution in [0.4, 0.5) is 10.6 Å². The van der Waals surface area contributed by atoms with Crippen LogP contribution in [0.25, 0.3) is 5.52 Å². The fourth-order valence-electron chi connectivity index (χ4n) is 5.57. The van der Waals surface area contributed by atoms with E-state index in [1.807, 2.05) is 76.4 Å². The summed E-state index contributed by atoms with van der Waals surface area (Å²) in [6.45, 7) is 8.62. The summed E-state index contributed by atoms with van der Waals surface area (Å²) in [5.41, 5.74) is 2.41. The number of anilines is 1. The van der Waals surface area contributed by atoms with Gasteiger partial charge in [0.05, 0.1) is 6.54 Å². The molecule has 0 unspecified atom stereocenters. The van der Waals surface area contributed by atoms with Crippen LogP contribution in [0.5, 0.6) is 0 Å². The van der Waals surface area contributed by atoms with E-state index in [4.69, 9.17) is 21.4 Å². The molecule has 0 saturated carbocycles. The Morgan fingerprint density at radius 2 is 1.81 bits per heavy atom. The lowest BCUT2D eigenvalue weighted by molar-refractivity contribution is 0.0499. The third-order valence-electron chi connectivity index (χ3n) is 7.58. The molecule has 0 spiro atoms. The highest BCUT2D eigenvalue weighted by atomic mass is 35.5. The second-order valence-electron chi connectivity index (χ2n) is 11.9. The van der Waals surface area contributed by atoms with Gasteiger partial charge < -0.3 is 19.5 Å². The topological polar surface area (TPSA) is 97.9 Å². The molecule has 3 heterocycles. The summed E-state index contributed by atoms with van der Waals surface area (Å²) < 4.78 is 8.70. The summed E-state index contributed by atoms with van der Waals surface area (Å²) in [5.74, 6) is 0.531. The molecule has 43 heavy (non-hydrogen) atoms. The highest BCUT2D eigenvalue weighted by Gasteiger charge is 2.29. The van der Waals surface area contributed by atoms with Crippen molar-refractivity contribution >= 4 is 34.8 Å². The summed E-state index contributed by atoms with van der Waals surface area (Å²) in [5, 5.41) is 8.54. The SMILES string of the molecule is CCc1cn2nc(N3CCC[C@H](NC(=O)OC(C)(C)C)C3)c(Cc3ccccc3Cl)c2c(=O)n1CC(=O)c1ccccc1. The lowest BCUT2D eigenvalue weighted by atomic mass is 10.0. The molecule has 0 aliphatic carbocycles. The number of alkyl carbamates (subject to hydrolysis) is 1. The number of aromatic nitrogens is 3. The normalized spacial score (nSPS) is 15.5. The average Bonchev–Trinajstić information content (AvgIpc) is 3.33. The van der Waals surface area contributed by atoms with E-state index in [2.05, 4.69) is 10.2 Å². The summed E-state index contributed by atoms with van der Waals surface area (Å²) in [7, 11) is 0.